The topological polar surface area (TPSA) is 0 Å². The van der Waals surface area contributed by atoms with Gasteiger partial charge in [0.1, 0.15) is 13.1 Å². The minimum Gasteiger partial charge on any atom is -0.316 e. The Morgan fingerprint density at radius 1 is 0.356 bits per heavy atom. The zero-order valence-electron chi connectivity index (χ0n) is 29.6. The first kappa shape index (κ1) is 39.1. The van der Waals surface area contributed by atoms with Crippen LogP contribution in [-0.4, -0.2) is 17.6 Å². The summed E-state index contributed by atoms with van der Waals surface area (Å²) >= 11 is 0. The molecule has 0 bridgehead atoms. The molecular formula is C44H72N+. The van der Waals surface area contributed by atoms with Crippen LogP contribution in [0.15, 0.2) is 86.0 Å². The lowest BCUT2D eigenvalue weighted by molar-refractivity contribution is -0.954. The fraction of sp³-hybridized carbons (Fsp3) is 0.636. The van der Waals surface area contributed by atoms with E-state index in [1.165, 1.54) is 183 Å². The average Bonchev–Trinajstić information content (AvgIpc) is 3.06. The van der Waals surface area contributed by atoms with Gasteiger partial charge in [-0.2, -0.15) is 0 Å². The maximum atomic E-state index is 3.84. The summed E-state index contributed by atoms with van der Waals surface area (Å²) in [6.45, 7) is 12.6. The van der Waals surface area contributed by atoms with Crippen molar-refractivity contribution in [3.63, 3.8) is 0 Å². The molecule has 45 heavy (non-hydrogen) atoms. The molecule has 0 heterocycles. The van der Waals surface area contributed by atoms with Gasteiger partial charge < -0.3 is 4.48 Å². The van der Waals surface area contributed by atoms with Crippen molar-refractivity contribution in [2.75, 3.05) is 13.1 Å². The molecule has 0 saturated heterocycles. The Labute approximate surface area is 281 Å². The summed E-state index contributed by atoms with van der Waals surface area (Å²) < 4.78 is 1.21. The number of benzene rings is 2. The maximum absolute atomic E-state index is 3.84. The van der Waals surface area contributed by atoms with E-state index in [-0.39, 0.29) is 0 Å². The van der Waals surface area contributed by atoms with E-state index in [4.69, 9.17) is 0 Å². The van der Waals surface area contributed by atoms with Crippen molar-refractivity contribution in [3.05, 3.63) is 97.1 Å². The SMILES string of the molecule is C=CCCCCCCCCCCCCC[N+](CCCCCCCCCCCCCC=C)(Cc1ccccc1)Cc1ccccc1. The van der Waals surface area contributed by atoms with Crippen LogP contribution < -0.4 is 0 Å². The van der Waals surface area contributed by atoms with Gasteiger partial charge in [-0.05, 0) is 51.4 Å². The molecule has 0 spiro atoms. The van der Waals surface area contributed by atoms with E-state index in [1.54, 1.807) is 0 Å². The first-order chi connectivity index (χ1) is 22.3. The smallest absolute Gasteiger partial charge is 0.105 e. The van der Waals surface area contributed by atoms with E-state index in [9.17, 15) is 0 Å². The molecule has 1 heteroatoms. The Hall–Kier alpha value is -2.12. The average molecular weight is 615 g/mol. The third-order valence-electron chi connectivity index (χ3n) is 9.80. The second-order valence-corrected chi connectivity index (χ2v) is 14.0. The molecule has 2 aromatic carbocycles. The fourth-order valence-electron chi connectivity index (χ4n) is 7.08. The van der Waals surface area contributed by atoms with Crippen molar-refractivity contribution >= 4 is 0 Å². The summed E-state index contributed by atoms with van der Waals surface area (Å²) in [6, 6.07) is 22.7. The van der Waals surface area contributed by atoms with Crippen LogP contribution in [0.4, 0.5) is 0 Å². The number of hydrogen-bond acceptors (Lipinski definition) is 0. The molecule has 252 valence electrons. The summed E-state index contributed by atoms with van der Waals surface area (Å²) in [4.78, 5) is 0. The second kappa shape index (κ2) is 28.1. The van der Waals surface area contributed by atoms with Gasteiger partial charge in [-0.15, -0.1) is 13.2 Å². The Kier molecular flexibility index (Phi) is 24.4. The van der Waals surface area contributed by atoms with E-state index in [0.717, 1.165) is 13.1 Å². The number of quaternary nitrogens is 1. The molecule has 0 radical (unpaired) electrons. The number of unbranched alkanes of at least 4 members (excludes halogenated alkanes) is 22. The first-order valence-electron chi connectivity index (χ1n) is 19.4. The van der Waals surface area contributed by atoms with Gasteiger partial charge >= 0.3 is 0 Å². The molecule has 0 fully saturated rings. The molecule has 1 nitrogen and oxygen atoms in total. The summed E-state index contributed by atoms with van der Waals surface area (Å²) in [5.41, 5.74) is 3.00. The Bertz CT molecular complexity index is 839. The summed E-state index contributed by atoms with van der Waals surface area (Å²) in [5.74, 6) is 0. The van der Waals surface area contributed by atoms with Gasteiger partial charge in [-0.1, -0.05) is 176 Å². The monoisotopic (exact) mass is 615 g/mol. The van der Waals surface area contributed by atoms with Crippen molar-refractivity contribution in [2.24, 2.45) is 0 Å². The van der Waals surface area contributed by atoms with Gasteiger partial charge in [0, 0.05) is 11.1 Å². The van der Waals surface area contributed by atoms with Crippen molar-refractivity contribution < 1.29 is 4.48 Å². The van der Waals surface area contributed by atoms with Crippen LogP contribution in [0, 0.1) is 0 Å². The first-order valence-corrected chi connectivity index (χ1v) is 19.4. The molecule has 0 aliphatic heterocycles. The number of nitrogens with zero attached hydrogens (tertiary/aromatic N) is 1. The van der Waals surface area contributed by atoms with E-state index >= 15 is 0 Å². The van der Waals surface area contributed by atoms with Gasteiger partial charge in [0.25, 0.3) is 0 Å². The third-order valence-corrected chi connectivity index (χ3v) is 9.80. The van der Waals surface area contributed by atoms with Crippen molar-refractivity contribution in [1.29, 1.82) is 0 Å². The summed E-state index contributed by atoms with van der Waals surface area (Å²) in [6.07, 6.45) is 37.3. The molecule has 0 unspecified atom stereocenters. The third kappa shape index (κ3) is 21.3. The molecule has 0 aliphatic rings. The maximum Gasteiger partial charge on any atom is 0.105 e. The van der Waals surface area contributed by atoms with E-state index in [1.807, 2.05) is 0 Å². The standard InChI is InChI=1S/C44H72N/c1-3-5-7-9-11-13-15-17-19-21-23-25-33-39-45(41-43-35-29-27-30-36-43,42-44-37-31-28-32-38-44)40-34-26-24-22-20-18-16-14-12-10-8-6-4-2/h3-4,27-32,35-38H,1-2,5-26,33-34,39-42H2/q+1. The quantitative estimate of drug-likeness (QED) is 0.0437. The molecule has 2 aromatic rings. The Morgan fingerprint density at radius 2 is 0.622 bits per heavy atom. The normalized spacial score (nSPS) is 11.6. The van der Waals surface area contributed by atoms with Gasteiger partial charge in [-0.3, -0.25) is 0 Å². The lowest BCUT2D eigenvalue weighted by Gasteiger charge is -2.39. The summed E-state index contributed by atoms with van der Waals surface area (Å²) in [7, 11) is 0. The minimum absolute atomic E-state index is 1.16. The predicted octanol–water partition coefficient (Wildman–Crippen LogP) is 13.9. The van der Waals surface area contributed by atoms with Gasteiger partial charge in [0.15, 0.2) is 0 Å². The second-order valence-electron chi connectivity index (χ2n) is 14.0. The fourth-order valence-corrected chi connectivity index (χ4v) is 7.08. The largest absolute Gasteiger partial charge is 0.316 e. The van der Waals surface area contributed by atoms with Crippen LogP contribution >= 0.6 is 0 Å². The lowest BCUT2D eigenvalue weighted by Crippen LogP contribution is -2.48. The molecule has 0 atom stereocenters. The van der Waals surface area contributed by atoms with Crippen molar-refractivity contribution in [1.82, 2.24) is 0 Å². The van der Waals surface area contributed by atoms with Gasteiger partial charge in [0.2, 0.25) is 0 Å². The zero-order valence-corrected chi connectivity index (χ0v) is 29.6. The van der Waals surface area contributed by atoms with Crippen LogP contribution in [0.2, 0.25) is 0 Å². The Morgan fingerprint density at radius 3 is 0.911 bits per heavy atom. The highest BCUT2D eigenvalue weighted by Gasteiger charge is 2.27. The van der Waals surface area contributed by atoms with Crippen LogP contribution in [0.1, 0.15) is 165 Å². The highest BCUT2D eigenvalue weighted by atomic mass is 15.3. The van der Waals surface area contributed by atoms with Crippen molar-refractivity contribution in [2.45, 2.75) is 167 Å². The van der Waals surface area contributed by atoms with Crippen LogP contribution in [0.25, 0.3) is 0 Å². The molecule has 0 saturated carbocycles. The molecule has 2 rings (SSSR count). The molecule has 0 N–H and O–H groups in total. The minimum atomic E-state index is 1.16. The number of allylic oxidation sites excluding steroid dienone is 2. The highest BCUT2D eigenvalue weighted by Crippen LogP contribution is 2.24. The molecule has 0 amide bonds. The van der Waals surface area contributed by atoms with Gasteiger partial charge in [-0.25, -0.2) is 0 Å². The van der Waals surface area contributed by atoms with E-state index < -0.39 is 0 Å². The van der Waals surface area contributed by atoms with Crippen LogP contribution in [0.5, 0.6) is 0 Å². The highest BCUT2D eigenvalue weighted by molar-refractivity contribution is 5.15. The Balaban J connectivity index is 1.77. The number of rotatable bonds is 32. The van der Waals surface area contributed by atoms with E-state index in [0.29, 0.717) is 0 Å². The zero-order chi connectivity index (χ0) is 31.9. The van der Waals surface area contributed by atoms with Crippen LogP contribution in [-0.2, 0) is 13.1 Å². The van der Waals surface area contributed by atoms with Crippen molar-refractivity contribution in [3.8, 4) is 0 Å². The van der Waals surface area contributed by atoms with Crippen LogP contribution in [0.3, 0.4) is 0 Å². The lowest BCUT2D eigenvalue weighted by atomic mass is 10.0. The molecular weight excluding hydrogens is 542 g/mol. The number of hydrogen-bond donors (Lipinski definition) is 0. The van der Waals surface area contributed by atoms with Gasteiger partial charge in [0.05, 0.1) is 13.1 Å². The van der Waals surface area contributed by atoms with E-state index in [2.05, 4.69) is 86.0 Å². The summed E-state index contributed by atoms with van der Waals surface area (Å²) in [5, 5.41) is 0. The predicted molar refractivity (Wildman–Crippen MR) is 201 cm³/mol. The molecule has 0 aromatic heterocycles. The molecule has 0 aliphatic carbocycles.